The zero-order valence-corrected chi connectivity index (χ0v) is 19.2. The molecule has 0 aliphatic carbocycles. The van der Waals surface area contributed by atoms with Crippen LogP contribution in [0.3, 0.4) is 0 Å². The molecule has 1 aromatic heterocycles. The average Bonchev–Trinajstić information content (AvgIpc) is 3.51. The molecule has 0 spiro atoms. The Morgan fingerprint density at radius 3 is 2.91 bits per heavy atom. The number of nitrogens with zero attached hydrogens (tertiary/aromatic N) is 4. The Hall–Kier alpha value is -2.63. The third-order valence-electron chi connectivity index (χ3n) is 5.01. The fraction of sp³-hybridized carbons (Fsp3) is 0.238. The van der Waals surface area contributed by atoms with Gasteiger partial charge in [-0.1, -0.05) is 30.0 Å². The maximum absolute atomic E-state index is 13.4. The summed E-state index contributed by atoms with van der Waals surface area (Å²) in [5.74, 6) is -0.420. The molecule has 1 unspecified atom stereocenters. The topological polar surface area (TPSA) is 77.4 Å². The molecule has 3 aliphatic rings. The van der Waals surface area contributed by atoms with E-state index in [-0.39, 0.29) is 29.4 Å². The van der Waals surface area contributed by atoms with E-state index in [1.165, 1.54) is 35.7 Å². The molecule has 1 atom stereocenters. The van der Waals surface area contributed by atoms with Gasteiger partial charge in [-0.05, 0) is 53.4 Å². The first-order valence-electron chi connectivity index (χ1n) is 9.95. The van der Waals surface area contributed by atoms with Crippen LogP contribution in [-0.4, -0.2) is 43.7 Å². The smallest absolute Gasteiger partial charge is 0.252 e. The van der Waals surface area contributed by atoms with Gasteiger partial charge in [0, 0.05) is 13.0 Å². The Kier molecular flexibility index (Phi) is 6.03. The fourth-order valence-corrected chi connectivity index (χ4v) is 6.03. The van der Waals surface area contributed by atoms with Gasteiger partial charge in [0.1, 0.15) is 5.82 Å². The van der Waals surface area contributed by atoms with Crippen molar-refractivity contribution >= 4 is 61.9 Å². The number of hydrogen-bond acceptors (Lipinski definition) is 8. The van der Waals surface area contributed by atoms with Crippen molar-refractivity contribution in [1.82, 2.24) is 15.4 Å². The fourth-order valence-electron chi connectivity index (χ4n) is 3.47. The van der Waals surface area contributed by atoms with Crippen LogP contribution in [0.25, 0.3) is 5.70 Å². The minimum absolute atomic E-state index is 0.129. The van der Waals surface area contributed by atoms with Gasteiger partial charge < -0.3 is 0 Å². The van der Waals surface area contributed by atoms with Gasteiger partial charge in [-0.25, -0.2) is 14.4 Å². The molecule has 1 aromatic carbocycles. The van der Waals surface area contributed by atoms with Crippen molar-refractivity contribution in [3.8, 4) is 0 Å². The first-order valence-corrected chi connectivity index (χ1v) is 12.6. The quantitative estimate of drug-likeness (QED) is 0.701. The molecule has 0 saturated heterocycles. The minimum Gasteiger partial charge on any atom is -0.294 e. The van der Waals surface area contributed by atoms with Crippen molar-refractivity contribution in [3.63, 3.8) is 0 Å². The average molecular weight is 488 g/mol. The van der Waals surface area contributed by atoms with E-state index in [9.17, 15) is 14.0 Å². The van der Waals surface area contributed by atoms with Crippen LogP contribution in [0.1, 0.15) is 29.3 Å². The van der Waals surface area contributed by atoms with E-state index in [4.69, 9.17) is 0 Å². The third kappa shape index (κ3) is 4.45. The van der Waals surface area contributed by atoms with Crippen LogP contribution in [0.4, 0.5) is 4.39 Å². The van der Waals surface area contributed by atoms with Crippen molar-refractivity contribution in [2.75, 3.05) is 12.3 Å². The number of thiophene rings is 1. The van der Waals surface area contributed by atoms with Gasteiger partial charge >= 0.3 is 0 Å². The van der Waals surface area contributed by atoms with Crippen molar-refractivity contribution in [1.29, 1.82) is 0 Å². The number of halogens is 1. The molecule has 3 aliphatic heterocycles. The van der Waals surface area contributed by atoms with Gasteiger partial charge in [0.25, 0.3) is 5.91 Å². The van der Waals surface area contributed by atoms with Crippen LogP contribution in [0.15, 0.2) is 57.9 Å². The molecule has 7 nitrogen and oxygen atoms in total. The molecule has 0 radical (unpaired) electrons. The minimum atomic E-state index is -0.351. The second-order valence-electron chi connectivity index (χ2n) is 7.20. The number of amidine groups is 1. The molecule has 2 amide bonds. The molecule has 4 heterocycles. The van der Waals surface area contributed by atoms with E-state index in [0.29, 0.717) is 28.9 Å². The summed E-state index contributed by atoms with van der Waals surface area (Å²) in [4.78, 5) is 30.0. The van der Waals surface area contributed by atoms with Crippen molar-refractivity contribution in [2.45, 2.75) is 18.9 Å². The summed E-state index contributed by atoms with van der Waals surface area (Å²) in [7, 11) is 0. The number of fused-ring (bicyclic) bond motifs is 1. The Morgan fingerprint density at radius 1 is 1.28 bits per heavy atom. The van der Waals surface area contributed by atoms with Gasteiger partial charge in [0.2, 0.25) is 5.91 Å². The Morgan fingerprint density at radius 2 is 2.12 bits per heavy atom. The summed E-state index contributed by atoms with van der Waals surface area (Å²) in [5, 5.41) is 10.4. The Bertz CT molecular complexity index is 1130. The van der Waals surface area contributed by atoms with Crippen molar-refractivity contribution < 1.29 is 14.0 Å². The first-order chi connectivity index (χ1) is 15.6. The van der Waals surface area contributed by atoms with E-state index in [0.717, 1.165) is 16.1 Å². The number of hydrogen-bond donors (Lipinski definition) is 1. The highest BCUT2D eigenvalue weighted by molar-refractivity contribution is 8.45. The molecule has 2 aromatic rings. The lowest BCUT2D eigenvalue weighted by Crippen LogP contribution is -2.40. The predicted molar refractivity (Wildman–Crippen MR) is 127 cm³/mol. The van der Waals surface area contributed by atoms with E-state index in [2.05, 4.69) is 15.5 Å². The van der Waals surface area contributed by atoms with Crippen LogP contribution in [0.5, 0.6) is 0 Å². The van der Waals surface area contributed by atoms with Crippen LogP contribution < -0.4 is 5.43 Å². The van der Waals surface area contributed by atoms with Crippen LogP contribution in [0.2, 0.25) is 0 Å². The molecule has 11 heteroatoms. The number of benzene rings is 1. The number of aliphatic imine (C=N–C) groups is 1. The highest BCUT2D eigenvalue weighted by Gasteiger charge is 2.32. The Labute approximate surface area is 196 Å². The van der Waals surface area contributed by atoms with E-state index < -0.39 is 0 Å². The Balaban J connectivity index is 1.30. The lowest BCUT2D eigenvalue weighted by molar-refractivity contribution is -0.131. The summed E-state index contributed by atoms with van der Waals surface area (Å²) < 4.78 is 14.1. The molecular weight excluding hydrogens is 469 g/mol. The monoisotopic (exact) mass is 487 g/mol. The van der Waals surface area contributed by atoms with Crippen molar-refractivity contribution in [2.24, 2.45) is 10.1 Å². The van der Waals surface area contributed by atoms with E-state index in [1.54, 1.807) is 33.5 Å². The van der Waals surface area contributed by atoms with Gasteiger partial charge in [0.05, 0.1) is 22.4 Å². The largest absolute Gasteiger partial charge is 0.294 e. The SMILES string of the molecule is O=C1CCCN2N=C(SCC(=O)N3NC(c4cccs4)=CC3c3ccc(F)cc3)SC2=N1. The summed E-state index contributed by atoms with van der Waals surface area (Å²) in [6, 6.07) is 9.76. The summed E-state index contributed by atoms with van der Waals surface area (Å²) in [6.07, 6.45) is 3.12. The normalized spacial score (nSPS) is 20.3. The van der Waals surface area contributed by atoms with Gasteiger partial charge in [0.15, 0.2) is 9.54 Å². The number of hydrazine groups is 1. The maximum atomic E-state index is 13.4. The van der Waals surface area contributed by atoms with Crippen LogP contribution in [-0.2, 0) is 9.59 Å². The number of amides is 2. The van der Waals surface area contributed by atoms with E-state index >= 15 is 0 Å². The number of hydrazone groups is 1. The van der Waals surface area contributed by atoms with Crippen LogP contribution in [0, 0.1) is 5.82 Å². The molecule has 32 heavy (non-hydrogen) atoms. The second kappa shape index (κ2) is 9.08. The third-order valence-corrected chi connectivity index (χ3v) is 7.98. The summed E-state index contributed by atoms with van der Waals surface area (Å²) in [5.41, 5.74) is 4.88. The molecule has 0 saturated carbocycles. The summed E-state index contributed by atoms with van der Waals surface area (Å²) in [6.45, 7) is 0.643. The van der Waals surface area contributed by atoms with Gasteiger partial charge in [-0.2, -0.15) is 10.1 Å². The van der Waals surface area contributed by atoms with Gasteiger partial charge in [-0.3, -0.25) is 15.0 Å². The molecular formula is C21H18FN5O2S3. The number of carbonyl (C=O) groups excluding carboxylic acids is 2. The second-order valence-corrected chi connectivity index (χ2v) is 10.3. The van der Waals surface area contributed by atoms with E-state index in [1.807, 2.05) is 23.6 Å². The molecule has 0 fully saturated rings. The number of carbonyl (C=O) groups is 2. The molecule has 0 bridgehead atoms. The van der Waals surface area contributed by atoms with Gasteiger partial charge in [-0.15, -0.1) is 11.3 Å². The standard InChI is InChI=1S/C21H18FN5O2S3/c22-14-7-5-13(6-8-14)16-11-15(17-3-2-10-30-17)24-27(16)19(29)12-31-21-25-26-9-1-4-18(28)23-20(26)32-21/h2-3,5-8,10-11,16,24H,1,4,9,12H2. The number of thioether (sulfide) groups is 2. The lowest BCUT2D eigenvalue weighted by atomic mass is 10.1. The zero-order chi connectivity index (χ0) is 22.1. The summed E-state index contributed by atoms with van der Waals surface area (Å²) >= 11 is 4.21. The van der Waals surface area contributed by atoms with Crippen molar-refractivity contribution in [3.05, 3.63) is 64.1 Å². The zero-order valence-electron chi connectivity index (χ0n) is 16.7. The lowest BCUT2D eigenvalue weighted by Gasteiger charge is -2.25. The van der Waals surface area contributed by atoms with Crippen LogP contribution >= 0.6 is 34.9 Å². The number of rotatable bonds is 4. The molecule has 164 valence electrons. The maximum Gasteiger partial charge on any atom is 0.252 e. The highest BCUT2D eigenvalue weighted by atomic mass is 32.2. The molecule has 5 rings (SSSR count). The molecule has 1 N–H and O–H groups in total. The first kappa shape index (κ1) is 21.2. The number of nitrogens with one attached hydrogen (secondary N) is 1. The highest BCUT2D eigenvalue weighted by Crippen LogP contribution is 2.34. The predicted octanol–water partition coefficient (Wildman–Crippen LogP) is 4.05.